The highest BCUT2D eigenvalue weighted by Gasteiger charge is 2.10. The fourth-order valence-corrected chi connectivity index (χ4v) is 3.78. The van der Waals surface area contributed by atoms with Gasteiger partial charge in [0.25, 0.3) is 0 Å². The number of nitrogens with zero attached hydrogens (tertiary/aromatic N) is 1. The third-order valence-corrected chi connectivity index (χ3v) is 3.63. The minimum atomic E-state index is 0.347. The number of hydrogen-bond donors (Lipinski definition) is 0. The van der Waals surface area contributed by atoms with E-state index >= 15 is 0 Å². The third-order valence-electron chi connectivity index (χ3n) is 2.00. The molecule has 6 heteroatoms. The van der Waals surface area contributed by atoms with Crippen LogP contribution in [-0.2, 0) is 6.61 Å². The van der Waals surface area contributed by atoms with Gasteiger partial charge in [-0.1, -0.05) is 21.1 Å². The van der Waals surface area contributed by atoms with Crippen molar-refractivity contribution in [2.75, 3.05) is 0 Å². The fourth-order valence-electron chi connectivity index (χ4n) is 1.29. The Kier molecular flexibility index (Phi) is 4.27. The summed E-state index contributed by atoms with van der Waals surface area (Å²) in [6.45, 7) is 2.22. The summed E-state index contributed by atoms with van der Waals surface area (Å²) >= 11 is 10.3. The van der Waals surface area contributed by atoms with Gasteiger partial charge >= 0.3 is 0 Å². The number of aromatic nitrogens is 1. The van der Waals surface area contributed by atoms with E-state index in [4.69, 9.17) is 9.26 Å². The molecule has 0 aliphatic heterocycles. The number of benzene rings is 1. The zero-order valence-electron chi connectivity index (χ0n) is 8.84. The van der Waals surface area contributed by atoms with Crippen molar-refractivity contribution < 1.29 is 9.26 Å². The summed E-state index contributed by atoms with van der Waals surface area (Å²) in [5.74, 6) is 1.44. The average molecular weight is 426 g/mol. The van der Waals surface area contributed by atoms with Crippen molar-refractivity contribution in [1.29, 1.82) is 0 Å². The zero-order chi connectivity index (χ0) is 12.4. The summed E-state index contributed by atoms with van der Waals surface area (Å²) in [7, 11) is 0. The maximum atomic E-state index is 5.67. The predicted molar refractivity (Wildman–Crippen MR) is 75.1 cm³/mol. The molecular formula is C11H8Br3NO2. The standard InChI is InChI=1S/C11H8Br3NO2/c1-6-2-8(17-15-6)5-16-11-9(13)3-7(12)4-10(11)14/h2-4H,5H2,1H3. The Labute approximate surface area is 124 Å². The van der Waals surface area contributed by atoms with Crippen molar-refractivity contribution in [1.82, 2.24) is 5.16 Å². The molecule has 1 heterocycles. The molecule has 0 saturated heterocycles. The Morgan fingerprint density at radius 1 is 1.18 bits per heavy atom. The minimum absolute atomic E-state index is 0.347. The van der Waals surface area contributed by atoms with E-state index in [1.54, 1.807) is 0 Å². The van der Waals surface area contributed by atoms with E-state index in [1.165, 1.54) is 0 Å². The first-order valence-corrected chi connectivity index (χ1v) is 7.13. The second kappa shape index (κ2) is 5.54. The summed E-state index contributed by atoms with van der Waals surface area (Å²) in [4.78, 5) is 0. The van der Waals surface area contributed by atoms with Crippen LogP contribution in [0.4, 0.5) is 0 Å². The first kappa shape index (κ1) is 13.1. The van der Waals surface area contributed by atoms with Gasteiger partial charge in [-0.25, -0.2) is 0 Å². The Hall–Kier alpha value is -0.330. The molecule has 0 atom stereocenters. The lowest BCUT2D eigenvalue weighted by atomic mass is 10.3. The molecule has 1 aromatic heterocycles. The van der Waals surface area contributed by atoms with Crippen LogP contribution in [0.3, 0.4) is 0 Å². The molecule has 1 aromatic carbocycles. The fraction of sp³-hybridized carbons (Fsp3) is 0.182. The van der Waals surface area contributed by atoms with Crippen LogP contribution in [-0.4, -0.2) is 5.16 Å². The molecule has 0 fully saturated rings. The highest BCUT2D eigenvalue weighted by molar-refractivity contribution is 9.11. The van der Waals surface area contributed by atoms with Crippen molar-refractivity contribution in [3.05, 3.63) is 43.1 Å². The van der Waals surface area contributed by atoms with Crippen LogP contribution in [0, 0.1) is 6.92 Å². The molecule has 90 valence electrons. The van der Waals surface area contributed by atoms with E-state index in [1.807, 2.05) is 25.1 Å². The molecule has 0 spiro atoms. The molecule has 0 aliphatic carbocycles. The van der Waals surface area contributed by atoms with Gasteiger partial charge in [0.2, 0.25) is 0 Å². The Morgan fingerprint density at radius 3 is 2.35 bits per heavy atom. The van der Waals surface area contributed by atoms with Crippen molar-refractivity contribution in [3.8, 4) is 5.75 Å². The summed E-state index contributed by atoms with van der Waals surface area (Å²) in [5.41, 5.74) is 0.845. The molecular weight excluding hydrogens is 418 g/mol. The largest absolute Gasteiger partial charge is 0.483 e. The van der Waals surface area contributed by atoms with Crippen LogP contribution in [0.15, 0.2) is 36.1 Å². The van der Waals surface area contributed by atoms with Gasteiger partial charge in [-0.3, -0.25) is 0 Å². The van der Waals surface area contributed by atoms with Crippen LogP contribution in [0.2, 0.25) is 0 Å². The Balaban J connectivity index is 2.14. The van der Waals surface area contributed by atoms with Crippen molar-refractivity contribution in [2.45, 2.75) is 13.5 Å². The van der Waals surface area contributed by atoms with Crippen LogP contribution in [0.25, 0.3) is 0 Å². The van der Waals surface area contributed by atoms with E-state index in [0.29, 0.717) is 12.4 Å². The van der Waals surface area contributed by atoms with E-state index in [0.717, 1.165) is 24.9 Å². The smallest absolute Gasteiger partial charge is 0.174 e. The monoisotopic (exact) mass is 423 g/mol. The third kappa shape index (κ3) is 3.33. The van der Waals surface area contributed by atoms with Crippen LogP contribution in [0.1, 0.15) is 11.5 Å². The zero-order valence-corrected chi connectivity index (χ0v) is 13.6. The van der Waals surface area contributed by atoms with Crippen LogP contribution in [0.5, 0.6) is 5.75 Å². The second-order valence-electron chi connectivity index (χ2n) is 3.42. The normalized spacial score (nSPS) is 10.6. The molecule has 3 nitrogen and oxygen atoms in total. The lowest BCUT2D eigenvalue weighted by molar-refractivity contribution is 0.246. The van der Waals surface area contributed by atoms with E-state index < -0.39 is 0 Å². The Morgan fingerprint density at radius 2 is 1.82 bits per heavy atom. The predicted octanol–water partition coefficient (Wildman–Crippen LogP) is 4.85. The van der Waals surface area contributed by atoms with Crippen molar-refractivity contribution in [2.24, 2.45) is 0 Å². The quantitative estimate of drug-likeness (QED) is 0.705. The molecule has 0 radical (unpaired) electrons. The molecule has 0 bridgehead atoms. The summed E-state index contributed by atoms with van der Waals surface area (Å²) < 4.78 is 13.5. The van der Waals surface area contributed by atoms with E-state index in [-0.39, 0.29) is 0 Å². The molecule has 0 unspecified atom stereocenters. The molecule has 2 rings (SSSR count). The molecule has 2 aromatic rings. The van der Waals surface area contributed by atoms with Gasteiger partial charge in [-0.2, -0.15) is 0 Å². The van der Waals surface area contributed by atoms with Crippen molar-refractivity contribution >= 4 is 47.8 Å². The van der Waals surface area contributed by atoms with Crippen LogP contribution < -0.4 is 4.74 Å². The number of aryl methyl sites for hydroxylation is 1. The molecule has 0 N–H and O–H groups in total. The van der Waals surface area contributed by atoms with Crippen molar-refractivity contribution in [3.63, 3.8) is 0 Å². The van der Waals surface area contributed by atoms with Gasteiger partial charge in [0.05, 0.1) is 14.6 Å². The van der Waals surface area contributed by atoms with Gasteiger partial charge in [-0.15, -0.1) is 0 Å². The number of halogens is 3. The summed E-state index contributed by atoms with van der Waals surface area (Å²) in [5, 5.41) is 3.80. The molecule has 0 amide bonds. The maximum absolute atomic E-state index is 5.67. The number of hydrogen-bond acceptors (Lipinski definition) is 3. The van der Waals surface area contributed by atoms with Crippen LogP contribution >= 0.6 is 47.8 Å². The highest BCUT2D eigenvalue weighted by Crippen LogP contribution is 2.36. The topological polar surface area (TPSA) is 35.3 Å². The van der Waals surface area contributed by atoms with E-state index in [2.05, 4.69) is 52.9 Å². The summed E-state index contributed by atoms with van der Waals surface area (Å²) in [6.07, 6.45) is 0. The molecule has 17 heavy (non-hydrogen) atoms. The minimum Gasteiger partial charge on any atom is -0.483 e. The number of ether oxygens (including phenoxy) is 1. The SMILES string of the molecule is Cc1cc(COc2c(Br)cc(Br)cc2Br)on1. The maximum Gasteiger partial charge on any atom is 0.174 e. The average Bonchev–Trinajstić information content (AvgIpc) is 2.62. The highest BCUT2D eigenvalue weighted by atomic mass is 79.9. The first-order valence-electron chi connectivity index (χ1n) is 4.76. The first-order chi connectivity index (χ1) is 8.06. The Bertz CT molecular complexity index is 516. The lowest BCUT2D eigenvalue weighted by Gasteiger charge is -2.09. The van der Waals surface area contributed by atoms with Gasteiger partial charge in [0.15, 0.2) is 5.76 Å². The van der Waals surface area contributed by atoms with Gasteiger partial charge in [-0.05, 0) is 50.9 Å². The number of rotatable bonds is 3. The molecule has 0 aliphatic rings. The molecule has 0 saturated carbocycles. The lowest BCUT2D eigenvalue weighted by Crippen LogP contribution is -1.95. The summed E-state index contributed by atoms with van der Waals surface area (Å²) in [6, 6.07) is 5.69. The van der Waals surface area contributed by atoms with E-state index in [9.17, 15) is 0 Å². The van der Waals surface area contributed by atoms with Gasteiger partial charge < -0.3 is 9.26 Å². The van der Waals surface area contributed by atoms with Gasteiger partial charge in [0, 0.05) is 10.5 Å². The van der Waals surface area contributed by atoms with Gasteiger partial charge in [0.1, 0.15) is 12.4 Å². The second-order valence-corrected chi connectivity index (χ2v) is 6.05.